The van der Waals surface area contributed by atoms with Crippen LogP contribution in [0.2, 0.25) is 5.02 Å². The second-order valence-electron chi connectivity index (χ2n) is 5.56. The van der Waals surface area contributed by atoms with Gasteiger partial charge in [0.25, 0.3) is 5.91 Å². The quantitative estimate of drug-likeness (QED) is 0.725. The normalized spacial score (nSPS) is 10.5. The van der Waals surface area contributed by atoms with Crippen molar-refractivity contribution in [2.45, 2.75) is 13.5 Å². The van der Waals surface area contributed by atoms with E-state index in [1.54, 1.807) is 24.3 Å². The highest BCUT2D eigenvalue weighted by molar-refractivity contribution is 6.30. The van der Waals surface area contributed by atoms with Gasteiger partial charge in [0.05, 0.1) is 6.54 Å². The van der Waals surface area contributed by atoms with E-state index in [2.05, 4.69) is 10.5 Å². The summed E-state index contributed by atoms with van der Waals surface area (Å²) in [4.78, 5) is 11.8. The van der Waals surface area contributed by atoms with Crippen molar-refractivity contribution in [3.05, 3.63) is 70.9 Å². The van der Waals surface area contributed by atoms with Crippen molar-refractivity contribution in [3.8, 4) is 17.0 Å². The minimum Gasteiger partial charge on any atom is -0.484 e. The molecule has 1 N–H and O–H groups in total. The molecule has 25 heavy (non-hydrogen) atoms. The van der Waals surface area contributed by atoms with Crippen molar-refractivity contribution < 1.29 is 14.1 Å². The third-order valence-corrected chi connectivity index (χ3v) is 3.80. The molecule has 0 bridgehead atoms. The van der Waals surface area contributed by atoms with Gasteiger partial charge in [-0.3, -0.25) is 4.79 Å². The van der Waals surface area contributed by atoms with E-state index in [1.165, 1.54) is 5.56 Å². The summed E-state index contributed by atoms with van der Waals surface area (Å²) in [6.07, 6.45) is 0. The largest absolute Gasteiger partial charge is 0.484 e. The van der Waals surface area contributed by atoms with Gasteiger partial charge in [0.2, 0.25) is 0 Å². The third-order valence-electron chi connectivity index (χ3n) is 3.55. The Labute approximate surface area is 150 Å². The van der Waals surface area contributed by atoms with Crippen molar-refractivity contribution >= 4 is 17.5 Å². The fourth-order valence-corrected chi connectivity index (χ4v) is 2.30. The Morgan fingerprint density at radius 3 is 2.60 bits per heavy atom. The Balaban J connectivity index is 1.49. The van der Waals surface area contributed by atoms with Gasteiger partial charge in [-0.2, -0.15) is 0 Å². The zero-order chi connectivity index (χ0) is 17.6. The zero-order valence-electron chi connectivity index (χ0n) is 13.7. The summed E-state index contributed by atoms with van der Waals surface area (Å²) in [7, 11) is 0. The Hall–Kier alpha value is -2.79. The summed E-state index contributed by atoms with van der Waals surface area (Å²) in [5.74, 6) is 0.916. The molecular formula is C19H17ClN2O3. The second kappa shape index (κ2) is 7.85. The lowest BCUT2D eigenvalue weighted by atomic mass is 10.1. The maximum absolute atomic E-state index is 11.8. The standard InChI is InChI=1S/C19H17ClN2O3/c1-13-2-4-14(5-3-13)18-10-17(25-22-18)11-21-19(23)12-24-16-8-6-15(20)7-9-16/h2-10H,11-12H2,1H3,(H,21,23). The van der Waals surface area contributed by atoms with Gasteiger partial charge in [0.1, 0.15) is 11.4 Å². The van der Waals surface area contributed by atoms with E-state index in [4.69, 9.17) is 20.9 Å². The molecule has 0 aliphatic rings. The van der Waals surface area contributed by atoms with E-state index in [0.717, 1.165) is 11.3 Å². The van der Waals surface area contributed by atoms with Crippen molar-refractivity contribution in [1.29, 1.82) is 0 Å². The average Bonchev–Trinajstić information content (AvgIpc) is 3.09. The molecule has 0 atom stereocenters. The van der Waals surface area contributed by atoms with Gasteiger partial charge in [0.15, 0.2) is 12.4 Å². The minimum absolute atomic E-state index is 0.0827. The number of hydrogen-bond donors (Lipinski definition) is 1. The van der Waals surface area contributed by atoms with Crippen LogP contribution in [0.1, 0.15) is 11.3 Å². The first kappa shape index (κ1) is 17.0. The first-order valence-electron chi connectivity index (χ1n) is 7.78. The number of carbonyl (C=O) groups is 1. The van der Waals surface area contributed by atoms with E-state index >= 15 is 0 Å². The first-order chi connectivity index (χ1) is 12.1. The van der Waals surface area contributed by atoms with Crippen LogP contribution in [0.25, 0.3) is 11.3 Å². The highest BCUT2D eigenvalue weighted by Gasteiger charge is 2.08. The molecule has 0 fully saturated rings. The average molecular weight is 357 g/mol. The van der Waals surface area contributed by atoms with Gasteiger partial charge in [0, 0.05) is 16.7 Å². The lowest BCUT2D eigenvalue weighted by Crippen LogP contribution is -2.28. The third kappa shape index (κ3) is 4.84. The summed E-state index contributed by atoms with van der Waals surface area (Å²) >= 11 is 5.79. The fourth-order valence-electron chi connectivity index (χ4n) is 2.17. The van der Waals surface area contributed by atoms with Crippen LogP contribution in [-0.2, 0) is 11.3 Å². The number of ether oxygens (including phenoxy) is 1. The summed E-state index contributed by atoms with van der Waals surface area (Å²) in [6.45, 7) is 2.20. The molecule has 1 aromatic heterocycles. The van der Waals surface area contributed by atoms with Crippen molar-refractivity contribution in [2.24, 2.45) is 0 Å². The van der Waals surface area contributed by atoms with Gasteiger partial charge in [-0.05, 0) is 31.2 Å². The van der Waals surface area contributed by atoms with Gasteiger partial charge < -0.3 is 14.6 Å². The smallest absolute Gasteiger partial charge is 0.258 e. The SMILES string of the molecule is Cc1ccc(-c2cc(CNC(=O)COc3ccc(Cl)cc3)on2)cc1. The molecule has 5 nitrogen and oxygen atoms in total. The molecule has 1 amide bonds. The molecule has 0 saturated heterocycles. The van der Waals surface area contributed by atoms with E-state index in [0.29, 0.717) is 16.5 Å². The lowest BCUT2D eigenvalue weighted by Gasteiger charge is -2.06. The Bertz CT molecular complexity index is 842. The summed E-state index contributed by atoms with van der Waals surface area (Å²) in [5, 5.41) is 7.37. The molecule has 0 spiro atoms. The molecule has 2 aromatic carbocycles. The predicted octanol–water partition coefficient (Wildman–Crippen LogP) is 4.00. The van der Waals surface area contributed by atoms with Crippen LogP contribution in [-0.4, -0.2) is 17.7 Å². The second-order valence-corrected chi connectivity index (χ2v) is 6.00. The number of nitrogens with zero attached hydrogens (tertiary/aromatic N) is 1. The molecule has 0 unspecified atom stereocenters. The number of halogens is 1. The molecule has 0 aliphatic heterocycles. The number of rotatable bonds is 6. The molecule has 3 rings (SSSR count). The fraction of sp³-hybridized carbons (Fsp3) is 0.158. The molecule has 6 heteroatoms. The van der Waals surface area contributed by atoms with Gasteiger partial charge in [-0.15, -0.1) is 0 Å². The van der Waals surface area contributed by atoms with Crippen LogP contribution in [0.5, 0.6) is 5.75 Å². The number of aryl methyl sites for hydroxylation is 1. The zero-order valence-corrected chi connectivity index (χ0v) is 14.4. The number of benzene rings is 2. The minimum atomic E-state index is -0.247. The number of hydrogen-bond acceptors (Lipinski definition) is 4. The van der Waals surface area contributed by atoms with Crippen LogP contribution in [0.15, 0.2) is 59.1 Å². The Morgan fingerprint density at radius 2 is 1.88 bits per heavy atom. The van der Waals surface area contributed by atoms with Crippen LogP contribution >= 0.6 is 11.6 Å². The maximum atomic E-state index is 11.8. The number of nitrogens with one attached hydrogen (secondary N) is 1. The monoisotopic (exact) mass is 356 g/mol. The van der Waals surface area contributed by atoms with E-state index in [-0.39, 0.29) is 19.1 Å². The molecule has 0 saturated carbocycles. The van der Waals surface area contributed by atoms with Crippen LogP contribution in [0.4, 0.5) is 0 Å². The van der Waals surface area contributed by atoms with E-state index in [9.17, 15) is 4.79 Å². The Kier molecular flexibility index (Phi) is 5.36. The topological polar surface area (TPSA) is 64.4 Å². The van der Waals surface area contributed by atoms with Crippen LogP contribution in [0.3, 0.4) is 0 Å². The summed E-state index contributed by atoms with van der Waals surface area (Å²) in [6, 6.07) is 16.6. The van der Waals surface area contributed by atoms with Crippen LogP contribution < -0.4 is 10.1 Å². The molecule has 1 heterocycles. The molecule has 0 radical (unpaired) electrons. The van der Waals surface area contributed by atoms with Gasteiger partial charge in [-0.25, -0.2) is 0 Å². The first-order valence-corrected chi connectivity index (χ1v) is 8.15. The number of amides is 1. The molecular weight excluding hydrogens is 340 g/mol. The number of aromatic nitrogens is 1. The van der Waals surface area contributed by atoms with Gasteiger partial charge in [-0.1, -0.05) is 46.6 Å². The molecule has 0 aliphatic carbocycles. The van der Waals surface area contributed by atoms with Crippen molar-refractivity contribution in [3.63, 3.8) is 0 Å². The van der Waals surface area contributed by atoms with Crippen molar-refractivity contribution in [2.75, 3.05) is 6.61 Å². The maximum Gasteiger partial charge on any atom is 0.258 e. The van der Waals surface area contributed by atoms with Crippen molar-refractivity contribution in [1.82, 2.24) is 10.5 Å². The summed E-state index contributed by atoms with van der Waals surface area (Å²) in [5.41, 5.74) is 2.89. The van der Waals surface area contributed by atoms with E-state index < -0.39 is 0 Å². The Morgan fingerprint density at radius 1 is 1.16 bits per heavy atom. The highest BCUT2D eigenvalue weighted by Crippen LogP contribution is 2.19. The highest BCUT2D eigenvalue weighted by atomic mass is 35.5. The van der Waals surface area contributed by atoms with Crippen LogP contribution in [0, 0.1) is 6.92 Å². The molecule has 128 valence electrons. The van der Waals surface area contributed by atoms with E-state index in [1.807, 2.05) is 37.3 Å². The lowest BCUT2D eigenvalue weighted by molar-refractivity contribution is -0.123. The number of carbonyl (C=O) groups excluding carboxylic acids is 1. The van der Waals surface area contributed by atoms with Gasteiger partial charge >= 0.3 is 0 Å². The predicted molar refractivity (Wildman–Crippen MR) is 95.5 cm³/mol. The molecule has 3 aromatic rings. The summed E-state index contributed by atoms with van der Waals surface area (Å²) < 4.78 is 10.6.